The van der Waals surface area contributed by atoms with Gasteiger partial charge in [0.25, 0.3) is 0 Å². The van der Waals surface area contributed by atoms with Crippen LogP contribution in [0.3, 0.4) is 0 Å². The first kappa shape index (κ1) is 14.5. The molecule has 1 aliphatic rings. The normalized spacial score (nSPS) is 19.9. The molecule has 98 valence electrons. The van der Waals surface area contributed by atoms with Crippen LogP contribution in [0.4, 0.5) is 13.2 Å². The number of halogens is 4. The van der Waals surface area contributed by atoms with E-state index in [2.05, 4.69) is 4.99 Å². The first-order chi connectivity index (χ1) is 7.87. The molecule has 1 aliphatic carbocycles. The van der Waals surface area contributed by atoms with Gasteiger partial charge in [-0.25, -0.2) is 0 Å². The van der Waals surface area contributed by atoms with Crippen molar-refractivity contribution in [3.8, 4) is 0 Å². The number of nitrogens with two attached hydrogens (primary N) is 1. The molecular formula is C10H14ClF3N2O. The molecule has 1 saturated carbocycles. The molecule has 0 aromatic heterocycles. The fraction of sp³-hybridized carbons (Fsp3) is 0.700. The molecule has 3 nitrogen and oxygen atoms in total. The van der Waals surface area contributed by atoms with Gasteiger partial charge in [0.05, 0.1) is 12.2 Å². The van der Waals surface area contributed by atoms with E-state index in [9.17, 15) is 13.2 Å². The van der Waals surface area contributed by atoms with Gasteiger partial charge in [-0.1, -0.05) is 6.08 Å². The summed E-state index contributed by atoms with van der Waals surface area (Å²) >= 11 is 5.22. The predicted octanol–water partition coefficient (Wildman–Crippen LogP) is 2.25. The summed E-state index contributed by atoms with van der Waals surface area (Å²) in [4.78, 5) is 3.54. The van der Waals surface area contributed by atoms with E-state index in [0.29, 0.717) is 6.61 Å². The molecule has 0 radical (unpaired) electrons. The van der Waals surface area contributed by atoms with Crippen LogP contribution in [0.2, 0.25) is 0 Å². The van der Waals surface area contributed by atoms with E-state index < -0.39 is 11.7 Å². The van der Waals surface area contributed by atoms with Gasteiger partial charge in [0.1, 0.15) is 6.73 Å². The Bertz CT molecular complexity index is 311. The van der Waals surface area contributed by atoms with Gasteiger partial charge in [-0.3, -0.25) is 4.99 Å². The molecule has 0 amide bonds. The molecular weight excluding hydrogens is 257 g/mol. The van der Waals surface area contributed by atoms with E-state index in [4.69, 9.17) is 22.1 Å². The lowest BCUT2D eigenvalue weighted by molar-refractivity contribution is -0.0857. The van der Waals surface area contributed by atoms with Gasteiger partial charge in [0.2, 0.25) is 0 Å². The highest BCUT2D eigenvalue weighted by Crippen LogP contribution is 2.32. The van der Waals surface area contributed by atoms with Gasteiger partial charge in [-0.15, -0.1) is 11.6 Å². The summed E-state index contributed by atoms with van der Waals surface area (Å²) in [5.41, 5.74) is 4.57. The topological polar surface area (TPSA) is 47.6 Å². The largest absolute Gasteiger partial charge is 0.417 e. The molecule has 0 aromatic rings. The number of hydrogen-bond donors (Lipinski definition) is 1. The van der Waals surface area contributed by atoms with Crippen molar-refractivity contribution in [3.05, 3.63) is 11.6 Å². The third kappa shape index (κ3) is 5.52. The van der Waals surface area contributed by atoms with Crippen LogP contribution in [0, 0.1) is 0 Å². The fourth-order valence-electron chi connectivity index (χ4n) is 1.07. The highest BCUT2D eigenvalue weighted by atomic mass is 35.5. The zero-order valence-corrected chi connectivity index (χ0v) is 9.89. The SMILES string of the molecule is NC1(COCN=C/C(=C\CCl)C(F)(F)F)CC1. The van der Waals surface area contributed by atoms with E-state index in [-0.39, 0.29) is 18.1 Å². The molecule has 0 bridgehead atoms. The van der Waals surface area contributed by atoms with E-state index in [0.717, 1.165) is 25.1 Å². The highest BCUT2D eigenvalue weighted by molar-refractivity contribution is 6.19. The monoisotopic (exact) mass is 270 g/mol. The lowest BCUT2D eigenvalue weighted by Crippen LogP contribution is -2.28. The summed E-state index contributed by atoms with van der Waals surface area (Å²) in [6.45, 7) is 0.194. The smallest absolute Gasteiger partial charge is 0.357 e. The molecule has 0 aliphatic heterocycles. The van der Waals surface area contributed by atoms with Crippen LogP contribution in [0.25, 0.3) is 0 Å². The van der Waals surface area contributed by atoms with Crippen molar-refractivity contribution in [2.45, 2.75) is 24.6 Å². The number of nitrogens with zero attached hydrogens (tertiary/aromatic N) is 1. The summed E-state index contributed by atoms with van der Waals surface area (Å²) in [6.07, 6.45) is -1.09. The van der Waals surface area contributed by atoms with Gasteiger partial charge >= 0.3 is 6.18 Å². The average molecular weight is 271 g/mol. The lowest BCUT2D eigenvalue weighted by Gasteiger charge is -2.08. The highest BCUT2D eigenvalue weighted by Gasteiger charge is 2.38. The maximum atomic E-state index is 12.3. The molecule has 0 unspecified atom stereocenters. The van der Waals surface area contributed by atoms with Crippen LogP contribution in [-0.4, -0.2) is 37.1 Å². The van der Waals surface area contributed by atoms with Crippen molar-refractivity contribution in [2.24, 2.45) is 10.7 Å². The quantitative estimate of drug-likeness (QED) is 0.457. The van der Waals surface area contributed by atoms with Crippen molar-refractivity contribution in [1.29, 1.82) is 0 Å². The maximum absolute atomic E-state index is 12.3. The van der Waals surface area contributed by atoms with Gasteiger partial charge in [-0.05, 0) is 12.8 Å². The second kappa shape index (κ2) is 5.84. The summed E-state index contributed by atoms with van der Waals surface area (Å²) in [5, 5.41) is 0. The van der Waals surface area contributed by atoms with Gasteiger partial charge in [-0.2, -0.15) is 13.2 Å². The molecule has 0 spiro atoms. The number of allylic oxidation sites excluding steroid dienone is 2. The molecule has 0 atom stereocenters. The van der Waals surface area contributed by atoms with E-state index in [1.165, 1.54) is 0 Å². The van der Waals surface area contributed by atoms with E-state index in [1.54, 1.807) is 0 Å². The molecule has 0 heterocycles. The average Bonchev–Trinajstić information content (AvgIpc) is 2.93. The molecule has 1 fully saturated rings. The van der Waals surface area contributed by atoms with E-state index >= 15 is 0 Å². The summed E-state index contributed by atoms with van der Waals surface area (Å²) < 4.78 is 42.1. The maximum Gasteiger partial charge on any atom is 0.417 e. The molecule has 2 N–H and O–H groups in total. The number of rotatable bonds is 6. The van der Waals surface area contributed by atoms with Crippen LogP contribution in [0.5, 0.6) is 0 Å². The first-order valence-corrected chi connectivity index (χ1v) is 5.61. The summed E-state index contributed by atoms with van der Waals surface area (Å²) in [7, 11) is 0. The van der Waals surface area contributed by atoms with Crippen LogP contribution in [-0.2, 0) is 4.74 Å². The standard InChI is InChI=1S/C10H14ClF3N2O/c11-4-1-8(10(12,13)14)5-16-7-17-6-9(15)2-3-9/h1,5H,2-4,6-7,15H2/b8-1+,16-5?. The van der Waals surface area contributed by atoms with Crippen molar-refractivity contribution in [2.75, 3.05) is 19.2 Å². The van der Waals surface area contributed by atoms with Gasteiger partial charge < -0.3 is 10.5 Å². The van der Waals surface area contributed by atoms with Crippen LogP contribution >= 0.6 is 11.6 Å². The Labute approximate surface area is 102 Å². The predicted molar refractivity (Wildman–Crippen MR) is 60.3 cm³/mol. The second-order valence-electron chi connectivity index (χ2n) is 3.96. The molecule has 7 heteroatoms. The first-order valence-electron chi connectivity index (χ1n) is 5.07. The minimum Gasteiger partial charge on any atom is -0.357 e. The molecule has 0 aromatic carbocycles. The van der Waals surface area contributed by atoms with Crippen molar-refractivity contribution in [3.63, 3.8) is 0 Å². The third-order valence-electron chi connectivity index (χ3n) is 2.30. The second-order valence-corrected chi connectivity index (χ2v) is 4.27. The number of alkyl halides is 4. The van der Waals surface area contributed by atoms with Gasteiger partial charge in [0.15, 0.2) is 0 Å². The number of hydrogen-bond acceptors (Lipinski definition) is 3. The Morgan fingerprint density at radius 2 is 2.12 bits per heavy atom. The molecule has 1 rings (SSSR count). The fourth-order valence-corrected chi connectivity index (χ4v) is 1.23. The van der Waals surface area contributed by atoms with E-state index in [1.807, 2.05) is 0 Å². The Hall–Kier alpha value is -0.590. The Morgan fingerprint density at radius 3 is 2.59 bits per heavy atom. The van der Waals surface area contributed by atoms with Crippen molar-refractivity contribution < 1.29 is 17.9 Å². The molecule has 17 heavy (non-hydrogen) atoms. The number of ether oxygens (including phenoxy) is 1. The minimum atomic E-state index is -4.44. The van der Waals surface area contributed by atoms with Gasteiger partial charge in [0, 0.05) is 17.6 Å². The van der Waals surface area contributed by atoms with Crippen LogP contribution in [0.1, 0.15) is 12.8 Å². The van der Waals surface area contributed by atoms with Crippen LogP contribution in [0.15, 0.2) is 16.6 Å². The number of aliphatic imine (C=N–C) groups is 1. The minimum absolute atomic E-state index is 0.130. The zero-order chi connectivity index (χ0) is 12.9. The van der Waals surface area contributed by atoms with Crippen molar-refractivity contribution in [1.82, 2.24) is 0 Å². The Balaban J connectivity index is 2.32. The zero-order valence-electron chi connectivity index (χ0n) is 9.13. The summed E-state index contributed by atoms with van der Waals surface area (Å²) in [5.74, 6) is -0.215. The third-order valence-corrected chi connectivity index (χ3v) is 2.46. The van der Waals surface area contributed by atoms with Crippen molar-refractivity contribution >= 4 is 17.8 Å². The Morgan fingerprint density at radius 1 is 1.47 bits per heavy atom. The summed E-state index contributed by atoms with van der Waals surface area (Å²) in [6, 6.07) is 0. The lowest BCUT2D eigenvalue weighted by atomic mass is 10.3. The van der Waals surface area contributed by atoms with Crippen LogP contribution < -0.4 is 5.73 Å². The molecule has 0 saturated heterocycles. The Kier molecular flexibility index (Phi) is 4.97.